The normalized spacial score (nSPS) is 14.9. The lowest BCUT2D eigenvalue weighted by atomic mass is 10.2. The second-order valence-electron chi connectivity index (χ2n) is 6.70. The quantitative estimate of drug-likeness (QED) is 0.723. The number of benzene rings is 2. The third-order valence-electron chi connectivity index (χ3n) is 4.74. The Hall–Kier alpha value is -3.07. The van der Waals surface area contributed by atoms with Gasteiger partial charge in [0.2, 0.25) is 11.7 Å². The number of nitrogens with zero attached hydrogens (tertiary/aromatic N) is 3. The molecule has 0 bridgehead atoms. The number of morpholine rings is 1. The van der Waals surface area contributed by atoms with Crippen molar-refractivity contribution < 1.29 is 22.7 Å². The van der Waals surface area contributed by atoms with E-state index in [0.29, 0.717) is 18.9 Å². The van der Waals surface area contributed by atoms with Gasteiger partial charge in [-0.25, -0.2) is 4.98 Å². The molecule has 1 aliphatic rings. The molecule has 2 aromatic carbocycles. The van der Waals surface area contributed by atoms with Crippen LogP contribution in [0.4, 0.5) is 24.5 Å². The number of nitrogens with one attached hydrogen (secondary N) is 1. The van der Waals surface area contributed by atoms with Gasteiger partial charge in [-0.3, -0.25) is 4.79 Å². The van der Waals surface area contributed by atoms with E-state index in [9.17, 15) is 18.0 Å². The average molecular weight is 404 g/mol. The van der Waals surface area contributed by atoms with Crippen molar-refractivity contribution in [3.05, 3.63) is 54.4 Å². The minimum absolute atomic E-state index is 0.197. The summed E-state index contributed by atoms with van der Waals surface area (Å²) in [5.41, 5.74) is 1.98. The Morgan fingerprint density at radius 3 is 2.45 bits per heavy atom. The molecular formula is C20H19F3N4O2. The van der Waals surface area contributed by atoms with Crippen LogP contribution in [0.3, 0.4) is 0 Å². The lowest BCUT2D eigenvalue weighted by Crippen LogP contribution is -2.36. The molecule has 1 N–H and O–H groups in total. The Balaban J connectivity index is 1.50. The van der Waals surface area contributed by atoms with Crippen LogP contribution in [0.2, 0.25) is 0 Å². The van der Waals surface area contributed by atoms with Crippen LogP contribution in [0.25, 0.3) is 11.0 Å². The number of anilines is 2. The first-order valence-electron chi connectivity index (χ1n) is 9.17. The van der Waals surface area contributed by atoms with E-state index in [2.05, 4.69) is 15.2 Å². The third kappa shape index (κ3) is 4.19. The van der Waals surface area contributed by atoms with E-state index in [1.54, 1.807) is 24.3 Å². The zero-order chi connectivity index (χ0) is 20.4. The van der Waals surface area contributed by atoms with Crippen molar-refractivity contribution in [1.29, 1.82) is 0 Å². The van der Waals surface area contributed by atoms with Crippen molar-refractivity contribution >= 4 is 28.3 Å². The molecule has 1 aromatic heterocycles. The van der Waals surface area contributed by atoms with Gasteiger partial charge in [-0.05, 0) is 36.4 Å². The van der Waals surface area contributed by atoms with Crippen molar-refractivity contribution in [2.24, 2.45) is 0 Å². The number of halogens is 3. The van der Waals surface area contributed by atoms with E-state index >= 15 is 0 Å². The molecular weight excluding hydrogens is 385 g/mol. The molecule has 0 saturated carbocycles. The smallest absolute Gasteiger partial charge is 0.378 e. The van der Waals surface area contributed by atoms with Crippen molar-refractivity contribution in [3.63, 3.8) is 0 Å². The van der Waals surface area contributed by atoms with Gasteiger partial charge >= 0.3 is 6.18 Å². The number of imidazole rings is 1. The van der Waals surface area contributed by atoms with E-state index in [-0.39, 0.29) is 11.0 Å². The lowest BCUT2D eigenvalue weighted by Gasteiger charge is -2.28. The summed E-state index contributed by atoms with van der Waals surface area (Å²) in [5.74, 6) is -1.64. The van der Waals surface area contributed by atoms with E-state index in [1.807, 2.05) is 12.1 Å². The number of aromatic nitrogens is 2. The van der Waals surface area contributed by atoms with Gasteiger partial charge in [-0.1, -0.05) is 12.1 Å². The molecule has 0 unspecified atom stereocenters. The molecule has 1 fully saturated rings. The second-order valence-corrected chi connectivity index (χ2v) is 6.70. The zero-order valence-electron chi connectivity index (χ0n) is 15.4. The lowest BCUT2D eigenvalue weighted by molar-refractivity contribution is -0.147. The van der Waals surface area contributed by atoms with Gasteiger partial charge < -0.3 is 19.5 Å². The second kappa shape index (κ2) is 7.75. The van der Waals surface area contributed by atoms with Crippen LogP contribution in [-0.2, 0) is 22.3 Å². The highest BCUT2D eigenvalue weighted by molar-refractivity contribution is 5.92. The van der Waals surface area contributed by atoms with Crippen molar-refractivity contribution in [3.8, 4) is 0 Å². The molecule has 4 rings (SSSR count). The highest BCUT2D eigenvalue weighted by Crippen LogP contribution is 2.31. The minimum atomic E-state index is -4.65. The Labute approximate surface area is 164 Å². The summed E-state index contributed by atoms with van der Waals surface area (Å²) in [4.78, 5) is 18.3. The maximum atomic E-state index is 13.4. The topological polar surface area (TPSA) is 59.4 Å². The highest BCUT2D eigenvalue weighted by Gasteiger charge is 2.38. The Morgan fingerprint density at radius 1 is 1.07 bits per heavy atom. The highest BCUT2D eigenvalue weighted by atomic mass is 19.4. The van der Waals surface area contributed by atoms with Crippen LogP contribution >= 0.6 is 0 Å². The van der Waals surface area contributed by atoms with Gasteiger partial charge in [0.15, 0.2) is 0 Å². The number of rotatable bonds is 4. The first kappa shape index (κ1) is 19.3. The van der Waals surface area contributed by atoms with Crippen LogP contribution in [0.5, 0.6) is 0 Å². The summed E-state index contributed by atoms with van der Waals surface area (Å²) < 4.78 is 46.3. The average Bonchev–Trinajstić information content (AvgIpc) is 3.08. The molecule has 1 aliphatic heterocycles. The fourth-order valence-corrected chi connectivity index (χ4v) is 3.37. The van der Waals surface area contributed by atoms with Crippen LogP contribution < -0.4 is 10.2 Å². The van der Waals surface area contributed by atoms with Gasteiger partial charge in [0.25, 0.3) is 0 Å². The molecule has 2 heterocycles. The number of hydrogen-bond acceptors (Lipinski definition) is 4. The number of carbonyl (C=O) groups excluding carboxylic acids is 1. The first-order chi connectivity index (χ1) is 13.9. The van der Waals surface area contributed by atoms with Crippen molar-refractivity contribution in [2.75, 3.05) is 36.5 Å². The molecule has 152 valence electrons. The van der Waals surface area contributed by atoms with Crippen LogP contribution in [0.15, 0.2) is 48.5 Å². The van der Waals surface area contributed by atoms with Crippen LogP contribution in [0, 0.1) is 0 Å². The van der Waals surface area contributed by atoms with Gasteiger partial charge in [-0.2, -0.15) is 13.2 Å². The molecule has 0 spiro atoms. The summed E-state index contributed by atoms with van der Waals surface area (Å²) in [6.45, 7) is 2.43. The molecule has 0 radical (unpaired) electrons. The largest absolute Gasteiger partial charge is 0.449 e. The maximum Gasteiger partial charge on any atom is 0.449 e. The fourth-order valence-electron chi connectivity index (χ4n) is 3.37. The van der Waals surface area contributed by atoms with Crippen molar-refractivity contribution in [1.82, 2.24) is 9.55 Å². The first-order valence-corrected chi connectivity index (χ1v) is 9.17. The number of hydrogen-bond donors (Lipinski definition) is 1. The predicted octanol–water partition coefficient (Wildman–Crippen LogP) is 3.53. The maximum absolute atomic E-state index is 13.4. The third-order valence-corrected chi connectivity index (χ3v) is 4.74. The standard InChI is InChI=1S/C20H19F3N4O2/c21-20(22,23)19-25-16-3-1-2-4-17(16)27(19)13-18(28)24-14-5-7-15(8-6-14)26-9-11-29-12-10-26/h1-8H,9-13H2,(H,24,28). The van der Waals surface area contributed by atoms with Crippen LogP contribution in [0.1, 0.15) is 5.82 Å². The SMILES string of the molecule is O=C(Cn1c(C(F)(F)F)nc2ccccc21)Nc1ccc(N2CCOCC2)cc1. The predicted molar refractivity (Wildman–Crippen MR) is 103 cm³/mol. The van der Waals surface area contributed by atoms with Crippen molar-refractivity contribution in [2.45, 2.75) is 12.7 Å². The molecule has 1 amide bonds. The summed E-state index contributed by atoms with van der Waals surface area (Å²) in [6, 6.07) is 13.4. The van der Waals surface area contributed by atoms with E-state index in [0.717, 1.165) is 23.3 Å². The monoisotopic (exact) mass is 404 g/mol. The van der Waals surface area contributed by atoms with Gasteiger partial charge in [0, 0.05) is 24.5 Å². The number of ether oxygens (including phenoxy) is 1. The summed E-state index contributed by atoms with van der Waals surface area (Å²) >= 11 is 0. The summed E-state index contributed by atoms with van der Waals surface area (Å²) in [6.07, 6.45) is -4.65. The van der Waals surface area contributed by atoms with Gasteiger partial charge in [0.1, 0.15) is 6.54 Å². The van der Waals surface area contributed by atoms with Gasteiger partial charge in [-0.15, -0.1) is 0 Å². The van der Waals surface area contributed by atoms with E-state index in [1.165, 1.54) is 12.1 Å². The summed E-state index contributed by atoms with van der Waals surface area (Å²) in [7, 11) is 0. The molecule has 1 saturated heterocycles. The Kier molecular flexibility index (Phi) is 5.14. The van der Waals surface area contributed by atoms with Crippen LogP contribution in [-0.4, -0.2) is 41.8 Å². The Bertz CT molecular complexity index is 1010. The Morgan fingerprint density at radius 2 is 1.76 bits per heavy atom. The summed E-state index contributed by atoms with van der Waals surface area (Å²) in [5, 5.41) is 2.66. The molecule has 3 aromatic rings. The molecule has 29 heavy (non-hydrogen) atoms. The number of para-hydroxylation sites is 2. The number of alkyl halides is 3. The fraction of sp³-hybridized carbons (Fsp3) is 0.300. The molecule has 0 aliphatic carbocycles. The molecule has 6 nitrogen and oxygen atoms in total. The molecule has 9 heteroatoms. The van der Waals surface area contributed by atoms with E-state index < -0.39 is 24.5 Å². The molecule has 0 atom stereocenters. The van der Waals surface area contributed by atoms with Gasteiger partial charge in [0.05, 0.1) is 24.2 Å². The van der Waals surface area contributed by atoms with E-state index in [4.69, 9.17) is 4.74 Å². The number of amides is 1. The minimum Gasteiger partial charge on any atom is -0.378 e. The number of fused-ring (bicyclic) bond motifs is 1. The zero-order valence-corrected chi connectivity index (χ0v) is 15.4. The number of carbonyl (C=O) groups is 1.